The first-order valence-corrected chi connectivity index (χ1v) is 19.3. The van der Waals surface area contributed by atoms with Crippen LogP contribution in [0.15, 0.2) is 54.6 Å². The Morgan fingerprint density at radius 1 is 0.918 bits per heavy atom. The molecule has 11 nitrogen and oxygen atoms in total. The van der Waals surface area contributed by atoms with Crippen LogP contribution < -0.4 is 9.64 Å². The van der Waals surface area contributed by atoms with Crippen molar-refractivity contribution in [2.75, 3.05) is 56.5 Å². The van der Waals surface area contributed by atoms with Crippen LogP contribution in [-0.2, 0) is 14.8 Å². The molecule has 5 aliphatic heterocycles. The van der Waals surface area contributed by atoms with Gasteiger partial charge in [-0.25, -0.2) is 8.42 Å². The van der Waals surface area contributed by atoms with Gasteiger partial charge in [0.05, 0.1) is 23.4 Å². The first-order chi connectivity index (χ1) is 23.8. The number of anilines is 1. The van der Waals surface area contributed by atoms with E-state index in [9.17, 15) is 18.3 Å². The molecule has 12 heteroatoms. The molecule has 2 bridgehead atoms. The molecule has 2 atom stereocenters. The molecule has 3 aromatic carbocycles. The fourth-order valence-electron chi connectivity index (χ4n) is 9.34. The van der Waals surface area contributed by atoms with Crippen molar-refractivity contribution in [3.8, 4) is 22.9 Å². The second kappa shape index (κ2) is 11.8. The molecule has 5 aliphatic rings. The topological polar surface area (TPSA) is 119 Å². The Kier molecular flexibility index (Phi) is 7.47. The number of hydrogen-bond donors (Lipinski definition) is 1. The molecule has 256 valence electrons. The van der Waals surface area contributed by atoms with Gasteiger partial charge in [-0.3, -0.25) is 9.69 Å². The zero-order valence-corrected chi connectivity index (χ0v) is 28.4. The molecule has 2 unspecified atom stereocenters. The van der Waals surface area contributed by atoms with Gasteiger partial charge < -0.3 is 19.6 Å². The van der Waals surface area contributed by atoms with Gasteiger partial charge in [0.15, 0.2) is 0 Å². The van der Waals surface area contributed by atoms with E-state index in [4.69, 9.17) is 14.7 Å². The van der Waals surface area contributed by atoms with E-state index >= 15 is 0 Å². The first-order valence-electron chi connectivity index (χ1n) is 17.7. The van der Waals surface area contributed by atoms with Crippen molar-refractivity contribution in [2.45, 2.75) is 62.6 Å². The third-order valence-electron chi connectivity index (χ3n) is 11.7. The molecule has 5 fully saturated rings. The number of aromatic hydroxyl groups is 1. The summed E-state index contributed by atoms with van der Waals surface area (Å²) in [6.07, 6.45) is 6.94. The van der Waals surface area contributed by atoms with Crippen LogP contribution in [0.3, 0.4) is 0 Å². The third kappa shape index (κ3) is 5.39. The Hall–Kier alpha value is -4.00. The number of amides is 1. The number of fused-ring (bicyclic) bond motifs is 5. The molecule has 0 radical (unpaired) electrons. The SMILES string of the molecule is O=C(CN1CCCS1(=O)=O)N1C2CCC1CN(c1nc(OCC34CCCN3CCC4)nc3cc(-c4cc(O)cc5ccccc45)ccc13)C2. The van der Waals surface area contributed by atoms with Gasteiger partial charge in [-0.1, -0.05) is 30.3 Å². The zero-order chi connectivity index (χ0) is 33.3. The predicted molar refractivity (Wildman–Crippen MR) is 188 cm³/mol. The quantitative estimate of drug-likeness (QED) is 0.303. The Morgan fingerprint density at radius 3 is 2.45 bits per heavy atom. The van der Waals surface area contributed by atoms with E-state index in [2.05, 4.69) is 34.1 Å². The summed E-state index contributed by atoms with van der Waals surface area (Å²) in [5, 5.41) is 13.5. The van der Waals surface area contributed by atoms with Crippen LogP contribution in [-0.4, -0.2) is 113 Å². The van der Waals surface area contributed by atoms with Gasteiger partial charge in [-0.2, -0.15) is 14.3 Å². The van der Waals surface area contributed by atoms with E-state index in [0.717, 1.165) is 77.4 Å². The minimum atomic E-state index is -3.35. The van der Waals surface area contributed by atoms with Crippen molar-refractivity contribution in [1.82, 2.24) is 24.1 Å². The average molecular weight is 683 g/mol. The highest BCUT2D eigenvalue weighted by Gasteiger charge is 2.46. The molecule has 4 aromatic rings. The summed E-state index contributed by atoms with van der Waals surface area (Å²) < 4.78 is 32.8. The smallest absolute Gasteiger partial charge is 0.319 e. The number of aromatic nitrogens is 2. The van der Waals surface area contributed by atoms with Gasteiger partial charge >= 0.3 is 6.01 Å². The Labute approximate surface area is 286 Å². The Balaban J connectivity index is 1.06. The maximum Gasteiger partial charge on any atom is 0.319 e. The van der Waals surface area contributed by atoms with Gasteiger partial charge in [-0.15, -0.1) is 0 Å². The van der Waals surface area contributed by atoms with Crippen LogP contribution in [0.25, 0.3) is 32.8 Å². The van der Waals surface area contributed by atoms with Crippen LogP contribution in [0.1, 0.15) is 44.9 Å². The van der Waals surface area contributed by atoms with E-state index in [-0.39, 0.29) is 41.6 Å². The summed E-state index contributed by atoms with van der Waals surface area (Å²) >= 11 is 0. The van der Waals surface area contributed by atoms with E-state index in [1.54, 1.807) is 12.1 Å². The fraction of sp³-hybridized carbons (Fsp3) is 0.486. The van der Waals surface area contributed by atoms with Crippen molar-refractivity contribution in [2.24, 2.45) is 0 Å². The van der Waals surface area contributed by atoms with Crippen LogP contribution in [0, 0.1) is 0 Å². The minimum absolute atomic E-state index is 0.0201. The van der Waals surface area contributed by atoms with Crippen molar-refractivity contribution in [3.05, 3.63) is 54.6 Å². The van der Waals surface area contributed by atoms with Crippen LogP contribution in [0.4, 0.5) is 5.82 Å². The highest BCUT2D eigenvalue weighted by Crippen LogP contribution is 2.41. The van der Waals surface area contributed by atoms with Crippen LogP contribution in [0.5, 0.6) is 11.8 Å². The Bertz CT molecular complexity index is 2050. The number of piperazine rings is 1. The molecule has 9 rings (SSSR count). The van der Waals surface area contributed by atoms with E-state index in [1.807, 2.05) is 23.1 Å². The molecule has 0 saturated carbocycles. The molecule has 6 heterocycles. The molecule has 1 aromatic heterocycles. The number of carbonyl (C=O) groups excluding carboxylic acids is 1. The molecule has 49 heavy (non-hydrogen) atoms. The summed E-state index contributed by atoms with van der Waals surface area (Å²) in [6.45, 7) is 4.34. The summed E-state index contributed by atoms with van der Waals surface area (Å²) in [5.74, 6) is 1.03. The second-order valence-electron chi connectivity index (χ2n) is 14.6. The van der Waals surface area contributed by atoms with Gasteiger partial charge in [-0.05, 0) is 104 Å². The van der Waals surface area contributed by atoms with Crippen molar-refractivity contribution >= 4 is 43.4 Å². The first kappa shape index (κ1) is 31.0. The highest BCUT2D eigenvalue weighted by molar-refractivity contribution is 7.89. The number of carbonyl (C=O) groups is 1. The largest absolute Gasteiger partial charge is 0.508 e. The number of benzene rings is 3. The summed E-state index contributed by atoms with van der Waals surface area (Å²) in [4.78, 5) is 30.4. The molecule has 0 spiro atoms. The number of nitrogens with zero attached hydrogens (tertiary/aromatic N) is 6. The summed E-state index contributed by atoms with van der Waals surface area (Å²) in [5.41, 5.74) is 2.69. The van der Waals surface area contributed by atoms with Crippen LogP contribution in [0.2, 0.25) is 0 Å². The monoisotopic (exact) mass is 682 g/mol. The lowest BCUT2D eigenvalue weighted by Crippen LogP contribution is -2.58. The highest BCUT2D eigenvalue weighted by atomic mass is 32.2. The molecule has 5 saturated heterocycles. The summed E-state index contributed by atoms with van der Waals surface area (Å²) in [7, 11) is -3.35. The van der Waals surface area contributed by atoms with Crippen molar-refractivity contribution < 1.29 is 23.1 Å². The number of rotatable bonds is 7. The van der Waals surface area contributed by atoms with E-state index in [0.29, 0.717) is 38.7 Å². The molecule has 1 amide bonds. The third-order valence-corrected chi connectivity index (χ3v) is 13.6. The lowest BCUT2D eigenvalue weighted by Gasteiger charge is -2.42. The number of phenolic OH excluding ortho intramolecular Hbond substituents is 1. The second-order valence-corrected chi connectivity index (χ2v) is 16.7. The normalized spacial score (nSPS) is 24.7. The van der Waals surface area contributed by atoms with E-state index in [1.165, 1.54) is 17.1 Å². The zero-order valence-electron chi connectivity index (χ0n) is 27.6. The molecular weight excluding hydrogens is 641 g/mol. The summed E-state index contributed by atoms with van der Waals surface area (Å²) in [6, 6.07) is 18.1. The number of sulfonamides is 1. The molecule has 0 aliphatic carbocycles. The fourth-order valence-corrected chi connectivity index (χ4v) is 10.8. The lowest BCUT2D eigenvalue weighted by molar-refractivity contribution is -0.134. The van der Waals surface area contributed by atoms with Gasteiger partial charge in [0.2, 0.25) is 15.9 Å². The maximum atomic E-state index is 13.5. The predicted octanol–water partition coefficient (Wildman–Crippen LogP) is 4.38. The Morgan fingerprint density at radius 2 is 1.69 bits per heavy atom. The lowest BCUT2D eigenvalue weighted by atomic mass is 9.95. The standard InChI is InChI=1S/C37H42N6O5S/c44-29-18-25-6-1-2-7-30(25)32(20-29)26-8-11-31-33(19-26)38-36(48-24-37-12-3-14-41(37)15-4-13-37)39-35(31)40-21-27-9-10-28(22-40)43(27)34(45)23-42-16-5-17-49(42,46)47/h1-2,6-8,11,18-20,27-28,44H,3-5,9-10,12-17,21-24H2. The van der Waals surface area contributed by atoms with Gasteiger partial charge in [0, 0.05) is 37.1 Å². The van der Waals surface area contributed by atoms with E-state index < -0.39 is 10.0 Å². The van der Waals surface area contributed by atoms with Crippen LogP contribution >= 0.6 is 0 Å². The van der Waals surface area contributed by atoms with Crippen molar-refractivity contribution in [3.63, 3.8) is 0 Å². The number of hydrogen-bond acceptors (Lipinski definition) is 9. The maximum absolute atomic E-state index is 13.5. The molecule has 1 N–H and O–H groups in total. The number of ether oxygens (including phenoxy) is 1. The van der Waals surface area contributed by atoms with Crippen molar-refractivity contribution in [1.29, 1.82) is 0 Å². The number of phenols is 1. The molecular formula is C37H42N6O5S. The van der Waals surface area contributed by atoms with Gasteiger partial charge in [0.25, 0.3) is 0 Å². The van der Waals surface area contributed by atoms with Gasteiger partial charge in [0.1, 0.15) is 18.2 Å². The average Bonchev–Trinajstić information content (AvgIpc) is 3.83. The minimum Gasteiger partial charge on any atom is -0.508 e.